The van der Waals surface area contributed by atoms with Gasteiger partial charge in [0.15, 0.2) is 0 Å². The van der Waals surface area contributed by atoms with Crippen LogP contribution < -0.4 is 5.48 Å². The van der Waals surface area contributed by atoms with Gasteiger partial charge in [0.1, 0.15) is 6.04 Å². The maximum absolute atomic E-state index is 12.2. The van der Waals surface area contributed by atoms with Gasteiger partial charge < -0.3 is 4.90 Å². The van der Waals surface area contributed by atoms with Crippen LogP contribution in [0.2, 0.25) is 0 Å². The van der Waals surface area contributed by atoms with Crippen LogP contribution in [0.3, 0.4) is 0 Å². The van der Waals surface area contributed by atoms with Gasteiger partial charge in [-0.2, -0.15) is 13.5 Å². The fraction of sp³-hybridized carbons (Fsp3) is 0.833. The number of hydrogen-bond acceptors (Lipinski definition) is 6. The Morgan fingerprint density at radius 1 is 1.30 bits per heavy atom. The molecular weight excluding hydrogens is 330 g/mol. The third-order valence-corrected chi connectivity index (χ3v) is 4.87. The molecule has 0 spiro atoms. The van der Waals surface area contributed by atoms with E-state index in [1.54, 1.807) is 0 Å². The molecule has 0 aromatic rings. The monoisotopic (exact) mass is 349 g/mol. The molecule has 1 aliphatic carbocycles. The Balaban J connectivity index is 1.56. The second-order valence-electron chi connectivity index (χ2n) is 6.08. The number of carbonyl (C=O) groups is 2. The Morgan fingerprint density at radius 2 is 2.04 bits per heavy atom. The summed E-state index contributed by atoms with van der Waals surface area (Å²) in [6, 6.07) is -2.01. The van der Waals surface area contributed by atoms with E-state index in [1.165, 1.54) is 11.3 Å². The molecule has 2 atom stereocenters. The summed E-state index contributed by atoms with van der Waals surface area (Å²) in [7, 11) is -4.78. The van der Waals surface area contributed by atoms with Crippen LogP contribution in [0.1, 0.15) is 32.1 Å². The van der Waals surface area contributed by atoms with Crippen molar-refractivity contribution in [1.29, 1.82) is 0 Å². The molecular formula is C12H19N3O7S. The third-order valence-electron chi connectivity index (χ3n) is 4.52. The van der Waals surface area contributed by atoms with Crippen molar-refractivity contribution in [2.75, 3.05) is 13.2 Å². The van der Waals surface area contributed by atoms with Crippen LogP contribution in [-0.2, 0) is 24.3 Å². The van der Waals surface area contributed by atoms with Crippen molar-refractivity contribution in [1.82, 2.24) is 15.4 Å². The van der Waals surface area contributed by atoms with Crippen molar-refractivity contribution in [3.05, 3.63) is 0 Å². The van der Waals surface area contributed by atoms with Crippen molar-refractivity contribution >= 4 is 22.3 Å². The molecule has 3 amide bonds. The number of rotatable bonds is 6. The zero-order valence-electron chi connectivity index (χ0n) is 12.4. The molecule has 0 radical (unpaired) electrons. The molecule has 2 N–H and O–H groups in total. The molecule has 2 aliphatic heterocycles. The van der Waals surface area contributed by atoms with Gasteiger partial charge >= 0.3 is 16.4 Å². The van der Waals surface area contributed by atoms with Gasteiger partial charge in [0.25, 0.3) is 5.91 Å². The van der Waals surface area contributed by atoms with Gasteiger partial charge in [-0.3, -0.25) is 14.2 Å². The summed E-state index contributed by atoms with van der Waals surface area (Å²) in [6.45, 7) is 0.613. The Bertz CT molecular complexity index is 591. The molecule has 3 fully saturated rings. The highest BCUT2D eigenvalue weighted by atomic mass is 32.3. The largest absolute Gasteiger partial charge is 0.418 e. The first-order valence-electron chi connectivity index (χ1n) is 7.53. The van der Waals surface area contributed by atoms with Crippen molar-refractivity contribution < 1.29 is 31.7 Å². The van der Waals surface area contributed by atoms with E-state index >= 15 is 0 Å². The van der Waals surface area contributed by atoms with E-state index in [0.29, 0.717) is 30.4 Å². The zero-order valence-corrected chi connectivity index (χ0v) is 13.2. The summed E-state index contributed by atoms with van der Waals surface area (Å²) in [6.07, 6.45) is 4.11. The van der Waals surface area contributed by atoms with Gasteiger partial charge in [-0.25, -0.2) is 10.3 Å². The van der Waals surface area contributed by atoms with Gasteiger partial charge in [0, 0.05) is 6.54 Å². The van der Waals surface area contributed by atoms with E-state index in [4.69, 9.17) is 9.39 Å². The first-order chi connectivity index (χ1) is 10.8. The van der Waals surface area contributed by atoms with Gasteiger partial charge in [-0.15, -0.1) is 4.28 Å². The Hall–Kier alpha value is -1.43. The summed E-state index contributed by atoms with van der Waals surface area (Å²) >= 11 is 0. The quantitative estimate of drug-likeness (QED) is 0.504. The topological polar surface area (TPSA) is 125 Å². The van der Waals surface area contributed by atoms with Crippen molar-refractivity contribution in [3.8, 4) is 0 Å². The molecule has 2 unspecified atom stereocenters. The minimum atomic E-state index is -4.78. The lowest BCUT2D eigenvalue weighted by molar-refractivity contribution is -0.140. The summed E-state index contributed by atoms with van der Waals surface area (Å²) < 4.78 is 34.6. The smallest absolute Gasteiger partial charge is 0.309 e. The molecule has 11 heteroatoms. The average Bonchev–Trinajstić information content (AvgIpc) is 2.65. The lowest BCUT2D eigenvalue weighted by Gasteiger charge is -2.29. The van der Waals surface area contributed by atoms with E-state index in [9.17, 15) is 18.0 Å². The lowest BCUT2D eigenvalue weighted by atomic mass is 9.86. The van der Waals surface area contributed by atoms with E-state index < -0.39 is 34.4 Å². The number of piperidine rings is 1. The number of fused-ring (bicyclic) bond motifs is 2. The highest BCUT2D eigenvalue weighted by molar-refractivity contribution is 7.80. The van der Waals surface area contributed by atoms with Crippen molar-refractivity contribution in [2.24, 2.45) is 5.92 Å². The van der Waals surface area contributed by atoms with E-state index in [1.807, 2.05) is 0 Å². The number of urea groups is 1. The fourth-order valence-electron chi connectivity index (χ4n) is 3.06. The van der Waals surface area contributed by atoms with Gasteiger partial charge in [0.05, 0.1) is 12.6 Å². The predicted octanol–water partition coefficient (Wildman–Crippen LogP) is -0.163. The minimum absolute atomic E-state index is 0.162. The molecule has 0 aromatic heterocycles. The lowest BCUT2D eigenvalue weighted by Crippen LogP contribution is -2.50. The summed E-state index contributed by atoms with van der Waals surface area (Å²) in [4.78, 5) is 30.7. The number of amides is 3. The second-order valence-corrected chi connectivity index (χ2v) is 7.09. The van der Waals surface area contributed by atoms with Gasteiger partial charge in [-0.05, 0) is 31.6 Å². The Kier molecular flexibility index (Phi) is 4.45. The van der Waals surface area contributed by atoms with E-state index in [-0.39, 0.29) is 6.54 Å². The van der Waals surface area contributed by atoms with E-state index in [2.05, 4.69) is 9.76 Å². The van der Waals surface area contributed by atoms with Crippen LogP contribution in [0.4, 0.5) is 4.79 Å². The number of hydroxylamine groups is 3. The molecule has 23 heavy (non-hydrogen) atoms. The van der Waals surface area contributed by atoms with Crippen LogP contribution in [0.25, 0.3) is 0 Å². The number of carbonyl (C=O) groups excluding carboxylic acids is 2. The first kappa shape index (κ1) is 16.4. The summed E-state index contributed by atoms with van der Waals surface area (Å²) in [5, 5.41) is 0.609. The molecule has 2 saturated heterocycles. The van der Waals surface area contributed by atoms with Crippen LogP contribution in [0, 0.1) is 5.92 Å². The molecule has 3 rings (SSSR count). The SMILES string of the molecule is O=C(NOCC1CCC1)C1CCC2CN1C(=O)N2OS(=O)(=O)O. The predicted molar refractivity (Wildman–Crippen MR) is 74.8 cm³/mol. The third kappa shape index (κ3) is 3.57. The number of nitrogens with one attached hydrogen (secondary N) is 1. The maximum atomic E-state index is 12.2. The maximum Gasteiger partial charge on any atom is 0.418 e. The molecule has 10 nitrogen and oxygen atoms in total. The molecule has 2 bridgehead atoms. The first-order valence-corrected chi connectivity index (χ1v) is 8.90. The van der Waals surface area contributed by atoms with E-state index in [0.717, 1.165) is 12.8 Å². The Morgan fingerprint density at radius 3 is 2.65 bits per heavy atom. The molecule has 0 aromatic carbocycles. The Labute approximate surface area is 133 Å². The molecule has 1 saturated carbocycles. The second kappa shape index (κ2) is 6.23. The fourth-order valence-corrected chi connectivity index (χ4v) is 3.45. The number of nitrogens with zero attached hydrogens (tertiary/aromatic N) is 2. The molecule has 3 aliphatic rings. The van der Waals surface area contributed by atoms with Crippen LogP contribution in [0.5, 0.6) is 0 Å². The standard InChI is InChI=1S/C12H19N3O7S/c16-11(13-21-7-8-2-1-3-8)10-5-4-9-6-14(10)12(17)15(9)22-23(18,19)20/h8-10H,1-7H2,(H,13,16)(H,18,19,20). The molecule has 130 valence electrons. The average molecular weight is 349 g/mol. The highest BCUT2D eigenvalue weighted by Gasteiger charge is 2.49. The van der Waals surface area contributed by atoms with Crippen molar-refractivity contribution in [3.63, 3.8) is 0 Å². The van der Waals surface area contributed by atoms with Crippen LogP contribution >= 0.6 is 0 Å². The van der Waals surface area contributed by atoms with Crippen molar-refractivity contribution in [2.45, 2.75) is 44.2 Å². The zero-order chi connectivity index (χ0) is 16.6. The van der Waals surface area contributed by atoms with Gasteiger partial charge in [0.2, 0.25) is 0 Å². The van der Waals surface area contributed by atoms with Gasteiger partial charge in [-0.1, -0.05) is 6.42 Å². The minimum Gasteiger partial charge on any atom is -0.309 e. The molecule has 2 heterocycles. The summed E-state index contributed by atoms with van der Waals surface area (Å²) in [5.41, 5.74) is 2.36. The number of hydrogen-bond donors (Lipinski definition) is 2. The van der Waals surface area contributed by atoms with Crippen LogP contribution in [0.15, 0.2) is 0 Å². The summed E-state index contributed by atoms with van der Waals surface area (Å²) in [5.74, 6) is 0.0305. The normalized spacial score (nSPS) is 28.0. The highest BCUT2D eigenvalue weighted by Crippen LogP contribution is 2.31. The van der Waals surface area contributed by atoms with Crippen LogP contribution in [-0.4, -0.2) is 60.1 Å².